The predicted octanol–water partition coefficient (Wildman–Crippen LogP) is 1.18. The van der Waals surface area contributed by atoms with Gasteiger partial charge in [-0.3, -0.25) is 4.79 Å². The Bertz CT molecular complexity index is 714. The fraction of sp³-hybridized carbons (Fsp3) is 0.500. The minimum Gasteiger partial charge on any atom is -0.497 e. The number of aromatic nitrogens is 2. The van der Waals surface area contributed by atoms with Crippen LogP contribution >= 0.6 is 0 Å². The second-order valence-corrected chi connectivity index (χ2v) is 6.42. The third-order valence-electron chi connectivity index (χ3n) is 3.70. The van der Waals surface area contributed by atoms with Crippen LogP contribution in [0.4, 0.5) is 0 Å². The van der Waals surface area contributed by atoms with Crippen molar-refractivity contribution >= 4 is 16.9 Å². The van der Waals surface area contributed by atoms with E-state index >= 15 is 0 Å². The number of hydrogen-bond acceptors (Lipinski definition) is 5. The summed E-state index contributed by atoms with van der Waals surface area (Å²) in [5.41, 5.74) is 0.634. The number of aromatic amines is 1. The Kier molecular flexibility index (Phi) is 3.99. The molecule has 1 aliphatic rings. The fourth-order valence-electron chi connectivity index (χ4n) is 2.40. The first-order chi connectivity index (χ1) is 10.9. The van der Waals surface area contributed by atoms with Gasteiger partial charge in [0.15, 0.2) is 5.82 Å². The van der Waals surface area contributed by atoms with Crippen LogP contribution in [-0.4, -0.2) is 64.4 Å². The van der Waals surface area contributed by atoms with Gasteiger partial charge in [0.2, 0.25) is 0 Å². The molecule has 1 aromatic carbocycles. The molecule has 0 atom stereocenters. The quantitative estimate of drug-likeness (QED) is 0.864. The molecule has 124 valence electrons. The van der Waals surface area contributed by atoms with Crippen molar-refractivity contribution in [3.63, 3.8) is 0 Å². The highest BCUT2D eigenvalue weighted by Crippen LogP contribution is 2.21. The summed E-state index contributed by atoms with van der Waals surface area (Å²) in [6.45, 7) is 4.66. The standard InChI is InChI=1S/C16H21N3O4/c1-16(2,21)9-23-11-7-19(8-11)15(20)14-17-12-5-4-10(22-3)6-13(12)18-14/h4-6,11,21H,7-9H2,1-3H3,(H,17,18). The highest BCUT2D eigenvalue weighted by Gasteiger charge is 2.34. The molecule has 0 aliphatic carbocycles. The zero-order valence-electron chi connectivity index (χ0n) is 13.5. The van der Waals surface area contributed by atoms with Gasteiger partial charge in [-0.15, -0.1) is 0 Å². The van der Waals surface area contributed by atoms with E-state index in [1.54, 1.807) is 25.9 Å². The molecular weight excluding hydrogens is 298 g/mol. The van der Waals surface area contributed by atoms with E-state index in [-0.39, 0.29) is 18.6 Å². The Morgan fingerprint density at radius 3 is 2.87 bits per heavy atom. The molecule has 0 bridgehead atoms. The summed E-state index contributed by atoms with van der Waals surface area (Å²) >= 11 is 0. The Morgan fingerprint density at radius 1 is 1.48 bits per heavy atom. The Hall–Kier alpha value is -2.12. The van der Waals surface area contributed by atoms with Crippen LogP contribution in [0.5, 0.6) is 5.75 Å². The van der Waals surface area contributed by atoms with Crippen LogP contribution in [0, 0.1) is 0 Å². The average molecular weight is 319 g/mol. The molecular formula is C16H21N3O4. The lowest BCUT2D eigenvalue weighted by atomic mass is 10.1. The third-order valence-corrected chi connectivity index (χ3v) is 3.70. The molecule has 2 N–H and O–H groups in total. The number of methoxy groups -OCH3 is 1. The van der Waals surface area contributed by atoms with Crippen LogP contribution in [0.25, 0.3) is 11.0 Å². The largest absolute Gasteiger partial charge is 0.497 e. The number of H-pyrrole nitrogens is 1. The van der Waals surface area contributed by atoms with Gasteiger partial charge in [0, 0.05) is 19.2 Å². The molecule has 1 saturated heterocycles. The number of imidazole rings is 1. The van der Waals surface area contributed by atoms with Crippen molar-refractivity contribution in [3.05, 3.63) is 24.0 Å². The lowest BCUT2D eigenvalue weighted by Gasteiger charge is -2.39. The minimum absolute atomic E-state index is 0.0325. The molecule has 2 aromatic rings. The van der Waals surface area contributed by atoms with Gasteiger partial charge < -0.3 is 24.5 Å². The lowest BCUT2D eigenvalue weighted by molar-refractivity contribution is -0.0944. The van der Waals surface area contributed by atoms with E-state index in [0.717, 1.165) is 11.0 Å². The van der Waals surface area contributed by atoms with E-state index < -0.39 is 5.60 Å². The summed E-state index contributed by atoms with van der Waals surface area (Å²) < 4.78 is 10.7. The SMILES string of the molecule is COc1ccc2nc(C(=O)N3CC(OCC(C)(C)O)C3)[nH]c2c1. The lowest BCUT2D eigenvalue weighted by Crippen LogP contribution is -2.55. The molecule has 1 amide bonds. The van der Waals surface area contributed by atoms with Crippen molar-refractivity contribution < 1.29 is 19.4 Å². The van der Waals surface area contributed by atoms with Gasteiger partial charge in [-0.05, 0) is 26.0 Å². The minimum atomic E-state index is -0.859. The number of amides is 1. The maximum atomic E-state index is 12.4. The average Bonchev–Trinajstić information content (AvgIpc) is 2.86. The van der Waals surface area contributed by atoms with Crippen molar-refractivity contribution in [2.24, 2.45) is 0 Å². The number of rotatable bonds is 5. The van der Waals surface area contributed by atoms with Crippen molar-refractivity contribution in [2.45, 2.75) is 25.6 Å². The molecule has 23 heavy (non-hydrogen) atoms. The van der Waals surface area contributed by atoms with Crippen molar-refractivity contribution in [3.8, 4) is 5.75 Å². The van der Waals surface area contributed by atoms with Crippen LogP contribution in [-0.2, 0) is 4.74 Å². The first-order valence-electron chi connectivity index (χ1n) is 7.53. The second kappa shape index (κ2) is 5.82. The van der Waals surface area contributed by atoms with Gasteiger partial charge in [-0.25, -0.2) is 4.98 Å². The normalized spacial score (nSPS) is 15.7. The predicted molar refractivity (Wildman–Crippen MR) is 84.6 cm³/mol. The number of ether oxygens (including phenoxy) is 2. The summed E-state index contributed by atoms with van der Waals surface area (Å²) in [5.74, 6) is 0.877. The number of benzene rings is 1. The fourth-order valence-corrected chi connectivity index (χ4v) is 2.40. The van der Waals surface area contributed by atoms with E-state index in [1.165, 1.54) is 0 Å². The number of likely N-dealkylation sites (tertiary alicyclic amines) is 1. The molecule has 0 unspecified atom stereocenters. The zero-order valence-corrected chi connectivity index (χ0v) is 13.5. The van der Waals surface area contributed by atoms with Gasteiger partial charge in [0.1, 0.15) is 5.75 Å². The van der Waals surface area contributed by atoms with Gasteiger partial charge in [0.05, 0.1) is 36.5 Å². The van der Waals surface area contributed by atoms with Gasteiger partial charge in [-0.1, -0.05) is 0 Å². The Balaban J connectivity index is 1.61. The van der Waals surface area contributed by atoms with Gasteiger partial charge in [0.25, 0.3) is 5.91 Å². The van der Waals surface area contributed by atoms with Crippen LogP contribution in [0.3, 0.4) is 0 Å². The number of nitrogens with one attached hydrogen (secondary N) is 1. The van der Waals surface area contributed by atoms with Crippen molar-refractivity contribution in [2.75, 3.05) is 26.8 Å². The number of hydrogen-bond donors (Lipinski definition) is 2. The molecule has 1 fully saturated rings. The monoisotopic (exact) mass is 319 g/mol. The highest BCUT2D eigenvalue weighted by atomic mass is 16.5. The van der Waals surface area contributed by atoms with E-state index in [0.29, 0.717) is 24.7 Å². The molecule has 7 heteroatoms. The summed E-state index contributed by atoms with van der Waals surface area (Å²) in [6, 6.07) is 5.43. The van der Waals surface area contributed by atoms with E-state index in [1.807, 2.05) is 18.2 Å². The Morgan fingerprint density at radius 2 is 2.22 bits per heavy atom. The number of fused-ring (bicyclic) bond motifs is 1. The van der Waals surface area contributed by atoms with Crippen LogP contribution in [0.2, 0.25) is 0 Å². The first kappa shape index (κ1) is 15.8. The maximum Gasteiger partial charge on any atom is 0.289 e. The first-order valence-corrected chi connectivity index (χ1v) is 7.53. The molecule has 1 aliphatic heterocycles. The van der Waals surface area contributed by atoms with Crippen LogP contribution in [0.15, 0.2) is 18.2 Å². The zero-order chi connectivity index (χ0) is 16.6. The number of carbonyl (C=O) groups excluding carboxylic acids is 1. The smallest absolute Gasteiger partial charge is 0.289 e. The van der Waals surface area contributed by atoms with Crippen molar-refractivity contribution in [1.29, 1.82) is 0 Å². The van der Waals surface area contributed by atoms with Gasteiger partial charge in [-0.2, -0.15) is 0 Å². The highest BCUT2D eigenvalue weighted by molar-refractivity contribution is 5.94. The molecule has 3 rings (SSSR count). The summed E-state index contributed by atoms with van der Waals surface area (Å²) in [7, 11) is 1.59. The number of nitrogens with zero attached hydrogens (tertiary/aromatic N) is 2. The summed E-state index contributed by atoms with van der Waals surface area (Å²) in [4.78, 5) is 21.4. The van der Waals surface area contributed by atoms with Crippen LogP contribution in [0.1, 0.15) is 24.5 Å². The van der Waals surface area contributed by atoms with E-state index in [9.17, 15) is 9.90 Å². The molecule has 0 radical (unpaired) electrons. The second-order valence-electron chi connectivity index (χ2n) is 6.42. The molecule has 0 saturated carbocycles. The van der Waals surface area contributed by atoms with E-state index in [2.05, 4.69) is 9.97 Å². The molecule has 7 nitrogen and oxygen atoms in total. The van der Waals surface area contributed by atoms with E-state index in [4.69, 9.17) is 9.47 Å². The summed E-state index contributed by atoms with van der Waals surface area (Å²) in [5, 5.41) is 9.63. The Labute approximate surface area is 134 Å². The number of carbonyl (C=O) groups is 1. The third kappa shape index (κ3) is 3.46. The molecule has 1 aromatic heterocycles. The maximum absolute atomic E-state index is 12.4. The van der Waals surface area contributed by atoms with Crippen molar-refractivity contribution in [1.82, 2.24) is 14.9 Å². The molecule has 0 spiro atoms. The summed E-state index contributed by atoms with van der Waals surface area (Å²) in [6.07, 6.45) is -0.0325. The number of aliphatic hydroxyl groups is 1. The van der Waals surface area contributed by atoms with Gasteiger partial charge >= 0.3 is 0 Å². The topological polar surface area (TPSA) is 87.7 Å². The molecule has 2 heterocycles. The van der Waals surface area contributed by atoms with Crippen LogP contribution < -0.4 is 4.74 Å².